The summed E-state index contributed by atoms with van der Waals surface area (Å²) in [6.45, 7) is 4.06. The Morgan fingerprint density at radius 3 is 2.40 bits per heavy atom. The van der Waals surface area contributed by atoms with Crippen LogP contribution in [0.1, 0.15) is 24.1 Å². The zero-order chi connectivity index (χ0) is 14.7. The van der Waals surface area contributed by atoms with Crippen LogP contribution in [0.4, 0.5) is 11.4 Å². The average molecular weight is 335 g/mol. The maximum Gasteiger partial charge on any atom is 0.269 e. The van der Waals surface area contributed by atoms with Gasteiger partial charge in [-0.3, -0.25) is 10.1 Å². The molecule has 2 rings (SSSR count). The van der Waals surface area contributed by atoms with Crippen molar-refractivity contribution in [3.63, 3.8) is 0 Å². The van der Waals surface area contributed by atoms with E-state index in [4.69, 9.17) is 0 Å². The summed E-state index contributed by atoms with van der Waals surface area (Å²) in [5.41, 5.74) is 3.30. The Bertz CT molecular complexity index is 626. The predicted octanol–water partition coefficient (Wildman–Crippen LogP) is 4.84. The highest BCUT2D eigenvalue weighted by atomic mass is 79.9. The summed E-state index contributed by atoms with van der Waals surface area (Å²) in [5, 5.41) is 14.0. The Kier molecular flexibility index (Phi) is 4.39. The second-order valence-electron chi connectivity index (χ2n) is 4.70. The SMILES string of the molecule is Cc1ccc(NC(C)c2ccc([N+](=O)[O-])cc2)c(Br)c1. The summed E-state index contributed by atoms with van der Waals surface area (Å²) in [5.74, 6) is 0. The molecule has 104 valence electrons. The average Bonchev–Trinajstić information content (AvgIpc) is 2.42. The van der Waals surface area contributed by atoms with E-state index in [2.05, 4.69) is 21.2 Å². The van der Waals surface area contributed by atoms with E-state index in [0.717, 1.165) is 15.7 Å². The maximum absolute atomic E-state index is 10.6. The molecule has 0 radical (unpaired) electrons. The molecule has 0 heterocycles. The molecule has 2 aromatic carbocycles. The number of halogens is 1. The predicted molar refractivity (Wildman–Crippen MR) is 84.0 cm³/mol. The van der Waals surface area contributed by atoms with Gasteiger partial charge in [-0.2, -0.15) is 0 Å². The first kappa shape index (κ1) is 14.5. The summed E-state index contributed by atoms with van der Waals surface area (Å²) < 4.78 is 1.01. The van der Waals surface area contributed by atoms with Gasteiger partial charge < -0.3 is 5.32 Å². The molecule has 0 bridgehead atoms. The molecule has 1 unspecified atom stereocenters. The van der Waals surface area contributed by atoms with Crippen LogP contribution in [0.15, 0.2) is 46.9 Å². The highest BCUT2D eigenvalue weighted by Gasteiger charge is 2.10. The number of hydrogen-bond donors (Lipinski definition) is 1. The molecular formula is C15H15BrN2O2. The number of hydrogen-bond acceptors (Lipinski definition) is 3. The van der Waals surface area contributed by atoms with Crippen LogP contribution >= 0.6 is 15.9 Å². The Hall–Kier alpha value is -1.88. The molecule has 20 heavy (non-hydrogen) atoms. The fraction of sp³-hybridized carbons (Fsp3) is 0.200. The van der Waals surface area contributed by atoms with Crippen molar-refractivity contribution in [2.45, 2.75) is 19.9 Å². The Morgan fingerprint density at radius 2 is 1.85 bits per heavy atom. The monoisotopic (exact) mass is 334 g/mol. The van der Waals surface area contributed by atoms with Gasteiger partial charge in [0, 0.05) is 28.3 Å². The second kappa shape index (κ2) is 6.05. The molecule has 0 amide bonds. The van der Waals surface area contributed by atoms with Crippen molar-refractivity contribution in [1.82, 2.24) is 0 Å². The lowest BCUT2D eigenvalue weighted by molar-refractivity contribution is -0.384. The third-order valence-electron chi connectivity index (χ3n) is 3.10. The lowest BCUT2D eigenvalue weighted by atomic mass is 10.1. The maximum atomic E-state index is 10.6. The first-order chi connectivity index (χ1) is 9.47. The minimum Gasteiger partial charge on any atom is -0.378 e. The van der Waals surface area contributed by atoms with Crippen LogP contribution in [-0.2, 0) is 0 Å². The van der Waals surface area contributed by atoms with Crippen molar-refractivity contribution in [2.24, 2.45) is 0 Å². The van der Waals surface area contributed by atoms with Gasteiger partial charge in [0.25, 0.3) is 5.69 Å². The molecule has 0 saturated carbocycles. The lowest BCUT2D eigenvalue weighted by Crippen LogP contribution is -2.07. The zero-order valence-electron chi connectivity index (χ0n) is 11.3. The molecule has 4 nitrogen and oxygen atoms in total. The molecule has 0 aliphatic heterocycles. The number of anilines is 1. The standard InChI is InChI=1S/C15H15BrN2O2/c1-10-3-8-15(14(16)9-10)17-11(2)12-4-6-13(7-5-12)18(19)20/h3-9,11,17H,1-2H3. The number of rotatable bonds is 4. The van der Waals surface area contributed by atoms with Crippen LogP contribution in [0.25, 0.3) is 0 Å². The molecule has 0 aliphatic rings. The number of nitro benzene ring substituents is 1. The van der Waals surface area contributed by atoms with Crippen molar-refractivity contribution < 1.29 is 4.92 Å². The summed E-state index contributed by atoms with van der Waals surface area (Å²) in [4.78, 5) is 10.2. The number of non-ortho nitro benzene ring substituents is 1. The largest absolute Gasteiger partial charge is 0.378 e. The first-order valence-corrected chi connectivity index (χ1v) is 7.03. The van der Waals surface area contributed by atoms with E-state index in [1.54, 1.807) is 12.1 Å². The number of nitro groups is 1. The highest BCUT2D eigenvalue weighted by molar-refractivity contribution is 9.10. The molecule has 0 aliphatic carbocycles. The summed E-state index contributed by atoms with van der Waals surface area (Å²) in [6, 6.07) is 12.8. The van der Waals surface area contributed by atoms with Crippen LogP contribution in [-0.4, -0.2) is 4.92 Å². The lowest BCUT2D eigenvalue weighted by Gasteiger charge is -2.17. The molecule has 1 N–H and O–H groups in total. The van der Waals surface area contributed by atoms with Crippen LogP contribution in [0.3, 0.4) is 0 Å². The van der Waals surface area contributed by atoms with Crippen molar-refractivity contribution in [2.75, 3.05) is 5.32 Å². The normalized spacial score (nSPS) is 11.9. The van der Waals surface area contributed by atoms with E-state index < -0.39 is 4.92 Å². The van der Waals surface area contributed by atoms with Crippen molar-refractivity contribution in [3.05, 3.63) is 68.2 Å². The van der Waals surface area contributed by atoms with Gasteiger partial charge in [-0.05, 0) is 53.0 Å². The van der Waals surface area contributed by atoms with E-state index in [1.165, 1.54) is 17.7 Å². The zero-order valence-corrected chi connectivity index (χ0v) is 12.8. The first-order valence-electron chi connectivity index (χ1n) is 6.24. The molecule has 2 aromatic rings. The summed E-state index contributed by atoms with van der Waals surface area (Å²) >= 11 is 3.53. The molecule has 0 spiro atoms. The van der Waals surface area contributed by atoms with Crippen molar-refractivity contribution in [1.29, 1.82) is 0 Å². The number of aryl methyl sites for hydroxylation is 1. The van der Waals surface area contributed by atoms with Crippen LogP contribution in [0, 0.1) is 17.0 Å². The number of nitrogens with one attached hydrogen (secondary N) is 1. The minimum atomic E-state index is -0.390. The Labute approximate surface area is 126 Å². The number of nitrogens with zero attached hydrogens (tertiary/aromatic N) is 1. The summed E-state index contributed by atoms with van der Waals surface area (Å²) in [6.07, 6.45) is 0. The van der Waals surface area contributed by atoms with Gasteiger partial charge in [0.2, 0.25) is 0 Å². The third-order valence-corrected chi connectivity index (χ3v) is 3.76. The minimum absolute atomic E-state index is 0.0646. The van der Waals surface area contributed by atoms with Crippen LogP contribution in [0.5, 0.6) is 0 Å². The van der Waals surface area contributed by atoms with E-state index in [9.17, 15) is 10.1 Å². The van der Waals surface area contributed by atoms with E-state index in [1.807, 2.05) is 32.0 Å². The van der Waals surface area contributed by atoms with Gasteiger partial charge in [-0.15, -0.1) is 0 Å². The topological polar surface area (TPSA) is 55.2 Å². The van der Waals surface area contributed by atoms with Gasteiger partial charge >= 0.3 is 0 Å². The fourth-order valence-electron chi connectivity index (χ4n) is 1.94. The molecule has 0 aromatic heterocycles. The molecule has 0 saturated heterocycles. The fourth-order valence-corrected chi connectivity index (χ4v) is 2.55. The summed E-state index contributed by atoms with van der Waals surface area (Å²) in [7, 11) is 0. The van der Waals surface area contributed by atoms with Gasteiger partial charge in [0.05, 0.1) is 4.92 Å². The molecule has 0 fully saturated rings. The molecule has 5 heteroatoms. The van der Waals surface area contributed by atoms with Crippen molar-refractivity contribution in [3.8, 4) is 0 Å². The smallest absolute Gasteiger partial charge is 0.269 e. The Balaban J connectivity index is 2.15. The van der Waals surface area contributed by atoms with Gasteiger partial charge in [-0.25, -0.2) is 0 Å². The van der Waals surface area contributed by atoms with E-state index >= 15 is 0 Å². The highest BCUT2D eigenvalue weighted by Crippen LogP contribution is 2.28. The van der Waals surface area contributed by atoms with Gasteiger partial charge in [-0.1, -0.05) is 18.2 Å². The van der Waals surface area contributed by atoms with Gasteiger partial charge in [0.1, 0.15) is 0 Å². The number of benzene rings is 2. The van der Waals surface area contributed by atoms with Crippen LogP contribution < -0.4 is 5.32 Å². The molecular weight excluding hydrogens is 320 g/mol. The second-order valence-corrected chi connectivity index (χ2v) is 5.55. The van der Waals surface area contributed by atoms with E-state index in [0.29, 0.717) is 0 Å². The third kappa shape index (κ3) is 3.36. The van der Waals surface area contributed by atoms with Crippen LogP contribution in [0.2, 0.25) is 0 Å². The Morgan fingerprint density at radius 1 is 1.20 bits per heavy atom. The van der Waals surface area contributed by atoms with E-state index in [-0.39, 0.29) is 11.7 Å². The van der Waals surface area contributed by atoms with Crippen molar-refractivity contribution >= 4 is 27.3 Å². The molecule has 1 atom stereocenters. The van der Waals surface area contributed by atoms with Gasteiger partial charge in [0.15, 0.2) is 0 Å². The quantitative estimate of drug-likeness (QED) is 0.642.